The van der Waals surface area contributed by atoms with Gasteiger partial charge in [-0.15, -0.1) is 0 Å². The quantitative estimate of drug-likeness (QED) is 0.870. The molecule has 1 rings (SSSR count). The van der Waals surface area contributed by atoms with E-state index in [1.165, 1.54) is 0 Å². The van der Waals surface area contributed by atoms with Crippen LogP contribution < -0.4 is 4.74 Å². The second-order valence-corrected chi connectivity index (χ2v) is 3.98. The number of methoxy groups -OCH3 is 1. The number of aliphatic carboxylic acids is 1. The Balaban J connectivity index is 3.18. The molecule has 3 nitrogen and oxygen atoms in total. The second kappa shape index (κ2) is 5.53. The summed E-state index contributed by atoms with van der Waals surface area (Å²) in [4.78, 5) is 11.0. The first-order valence-electron chi connectivity index (χ1n) is 5.55. The summed E-state index contributed by atoms with van der Waals surface area (Å²) < 4.78 is 5.14. The minimum atomic E-state index is -0.812. The van der Waals surface area contributed by atoms with Crippen molar-refractivity contribution in [3.63, 3.8) is 0 Å². The third-order valence-electron chi connectivity index (χ3n) is 2.89. The van der Waals surface area contributed by atoms with Crippen LogP contribution in [0.3, 0.4) is 0 Å². The standard InChI is InChI=1S/C14H18O3/c1-5-12(10(3)14(15)16)13-7-6-11(17-4)8-9(13)2/h5-8,10H,1-4H3,(H,15,16)/b12-5-. The van der Waals surface area contributed by atoms with Gasteiger partial charge in [0, 0.05) is 0 Å². The predicted octanol–water partition coefficient (Wildman–Crippen LogP) is 3.13. The Kier molecular flexibility index (Phi) is 4.32. The van der Waals surface area contributed by atoms with Crippen molar-refractivity contribution in [1.29, 1.82) is 0 Å². The van der Waals surface area contributed by atoms with Crippen LogP contribution in [0.15, 0.2) is 24.3 Å². The van der Waals surface area contributed by atoms with Crippen LogP contribution >= 0.6 is 0 Å². The molecule has 0 saturated heterocycles. The van der Waals surface area contributed by atoms with Gasteiger partial charge in [0.05, 0.1) is 13.0 Å². The maximum atomic E-state index is 11.0. The van der Waals surface area contributed by atoms with Gasteiger partial charge in [-0.25, -0.2) is 0 Å². The molecule has 0 amide bonds. The van der Waals surface area contributed by atoms with Gasteiger partial charge in [-0.1, -0.05) is 12.1 Å². The average molecular weight is 234 g/mol. The molecule has 0 aliphatic carbocycles. The van der Waals surface area contributed by atoms with Crippen molar-refractivity contribution in [3.8, 4) is 5.75 Å². The number of aryl methyl sites for hydroxylation is 1. The van der Waals surface area contributed by atoms with Crippen molar-refractivity contribution in [3.05, 3.63) is 35.4 Å². The number of allylic oxidation sites excluding steroid dienone is 1. The fourth-order valence-electron chi connectivity index (χ4n) is 1.86. The second-order valence-electron chi connectivity index (χ2n) is 3.98. The number of carboxylic acids is 1. The van der Waals surface area contributed by atoms with E-state index in [1.54, 1.807) is 14.0 Å². The summed E-state index contributed by atoms with van der Waals surface area (Å²) in [5.41, 5.74) is 2.81. The van der Waals surface area contributed by atoms with Gasteiger partial charge in [0.2, 0.25) is 0 Å². The maximum absolute atomic E-state index is 11.0. The minimum Gasteiger partial charge on any atom is -0.497 e. The van der Waals surface area contributed by atoms with E-state index in [0.717, 1.165) is 22.4 Å². The Morgan fingerprint density at radius 3 is 2.53 bits per heavy atom. The van der Waals surface area contributed by atoms with Gasteiger partial charge < -0.3 is 9.84 Å². The molecule has 1 aromatic rings. The molecule has 1 unspecified atom stereocenters. The summed E-state index contributed by atoms with van der Waals surface area (Å²) in [6.07, 6.45) is 1.85. The van der Waals surface area contributed by atoms with Crippen LogP contribution in [0.2, 0.25) is 0 Å². The smallest absolute Gasteiger partial charge is 0.310 e. The molecule has 1 N–H and O–H groups in total. The van der Waals surface area contributed by atoms with E-state index >= 15 is 0 Å². The van der Waals surface area contributed by atoms with Crippen molar-refractivity contribution in [2.45, 2.75) is 20.8 Å². The lowest BCUT2D eigenvalue weighted by atomic mass is 9.91. The normalized spacial score (nSPS) is 13.3. The molecule has 0 bridgehead atoms. The van der Waals surface area contributed by atoms with Crippen molar-refractivity contribution in [2.24, 2.45) is 5.92 Å². The van der Waals surface area contributed by atoms with E-state index in [-0.39, 0.29) is 0 Å². The van der Waals surface area contributed by atoms with Crippen LogP contribution in [-0.2, 0) is 4.79 Å². The summed E-state index contributed by atoms with van der Waals surface area (Å²) in [5.74, 6) is -0.537. The van der Waals surface area contributed by atoms with E-state index in [1.807, 2.05) is 38.1 Å². The monoisotopic (exact) mass is 234 g/mol. The molecule has 0 aliphatic rings. The summed E-state index contributed by atoms with van der Waals surface area (Å²) in [5, 5.41) is 9.07. The molecule has 1 atom stereocenters. The van der Waals surface area contributed by atoms with Crippen LogP contribution in [0.25, 0.3) is 5.57 Å². The molecule has 92 valence electrons. The van der Waals surface area contributed by atoms with Gasteiger partial charge in [0.25, 0.3) is 0 Å². The summed E-state index contributed by atoms with van der Waals surface area (Å²) in [6, 6.07) is 5.66. The Labute approximate surface area is 102 Å². The summed E-state index contributed by atoms with van der Waals surface area (Å²) in [6.45, 7) is 5.51. The first-order chi connectivity index (χ1) is 8.01. The first-order valence-corrected chi connectivity index (χ1v) is 5.55. The fraction of sp³-hybridized carbons (Fsp3) is 0.357. The highest BCUT2D eigenvalue weighted by molar-refractivity contribution is 5.87. The summed E-state index contributed by atoms with van der Waals surface area (Å²) in [7, 11) is 1.62. The van der Waals surface area contributed by atoms with Crippen molar-refractivity contribution in [2.75, 3.05) is 7.11 Å². The van der Waals surface area contributed by atoms with Gasteiger partial charge in [0.1, 0.15) is 5.75 Å². The van der Waals surface area contributed by atoms with Crippen LogP contribution in [-0.4, -0.2) is 18.2 Å². The van der Waals surface area contributed by atoms with Crippen LogP contribution in [0.1, 0.15) is 25.0 Å². The molecule has 1 aromatic carbocycles. The first kappa shape index (κ1) is 13.3. The Hall–Kier alpha value is -1.77. The van der Waals surface area contributed by atoms with Gasteiger partial charge >= 0.3 is 5.97 Å². The van der Waals surface area contributed by atoms with E-state index < -0.39 is 11.9 Å². The Morgan fingerprint density at radius 2 is 2.12 bits per heavy atom. The third kappa shape index (κ3) is 2.87. The van der Waals surface area contributed by atoms with Gasteiger partial charge in [-0.3, -0.25) is 4.79 Å². The zero-order chi connectivity index (χ0) is 13.0. The lowest BCUT2D eigenvalue weighted by Gasteiger charge is -2.15. The van der Waals surface area contributed by atoms with Crippen molar-refractivity contribution in [1.82, 2.24) is 0 Å². The highest BCUT2D eigenvalue weighted by atomic mass is 16.5. The van der Waals surface area contributed by atoms with E-state index in [9.17, 15) is 4.79 Å². The number of carboxylic acid groups (broad SMARTS) is 1. The van der Waals surface area contributed by atoms with Gasteiger partial charge in [0.15, 0.2) is 0 Å². The number of carbonyl (C=O) groups is 1. The zero-order valence-corrected chi connectivity index (χ0v) is 10.7. The molecule has 0 spiro atoms. The number of hydrogen-bond donors (Lipinski definition) is 1. The molecule has 17 heavy (non-hydrogen) atoms. The number of ether oxygens (including phenoxy) is 1. The minimum absolute atomic E-state index is 0.507. The Morgan fingerprint density at radius 1 is 1.47 bits per heavy atom. The molecule has 0 aromatic heterocycles. The van der Waals surface area contributed by atoms with Crippen molar-refractivity contribution < 1.29 is 14.6 Å². The number of benzene rings is 1. The average Bonchev–Trinajstić information content (AvgIpc) is 2.31. The van der Waals surface area contributed by atoms with E-state index in [2.05, 4.69) is 0 Å². The SMILES string of the molecule is C/C=C(\c1ccc(OC)cc1C)C(C)C(=O)O. The molecule has 3 heteroatoms. The molecule has 0 saturated carbocycles. The van der Waals surface area contributed by atoms with Crippen LogP contribution in [0.4, 0.5) is 0 Å². The largest absolute Gasteiger partial charge is 0.497 e. The van der Waals surface area contributed by atoms with Crippen molar-refractivity contribution >= 4 is 11.5 Å². The predicted molar refractivity (Wildman–Crippen MR) is 68.2 cm³/mol. The number of hydrogen-bond acceptors (Lipinski definition) is 2. The fourth-order valence-corrected chi connectivity index (χ4v) is 1.86. The van der Waals surface area contributed by atoms with Gasteiger partial charge in [-0.05, 0) is 49.6 Å². The molecular formula is C14H18O3. The van der Waals surface area contributed by atoms with Gasteiger partial charge in [-0.2, -0.15) is 0 Å². The molecule has 0 aliphatic heterocycles. The number of rotatable bonds is 4. The lowest BCUT2D eigenvalue weighted by molar-refractivity contribution is -0.139. The molecule has 0 fully saturated rings. The highest BCUT2D eigenvalue weighted by Gasteiger charge is 2.18. The molecule has 0 radical (unpaired) electrons. The molecule has 0 heterocycles. The van der Waals surface area contributed by atoms with E-state index in [0.29, 0.717) is 0 Å². The van der Waals surface area contributed by atoms with Crippen LogP contribution in [0, 0.1) is 12.8 Å². The zero-order valence-electron chi connectivity index (χ0n) is 10.7. The maximum Gasteiger partial charge on any atom is 0.310 e. The van der Waals surface area contributed by atoms with E-state index in [4.69, 9.17) is 9.84 Å². The molecular weight excluding hydrogens is 216 g/mol. The third-order valence-corrected chi connectivity index (χ3v) is 2.89. The van der Waals surface area contributed by atoms with Crippen LogP contribution in [0.5, 0.6) is 5.75 Å². The lowest BCUT2D eigenvalue weighted by Crippen LogP contribution is -2.12. The Bertz CT molecular complexity index is 447. The highest BCUT2D eigenvalue weighted by Crippen LogP contribution is 2.28. The summed E-state index contributed by atoms with van der Waals surface area (Å²) >= 11 is 0. The topological polar surface area (TPSA) is 46.5 Å².